The Balaban J connectivity index is 1.88. The van der Waals surface area contributed by atoms with E-state index < -0.39 is 5.97 Å². The van der Waals surface area contributed by atoms with Crippen molar-refractivity contribution in [2.45, 2.75) is 39.2 Å². The molecule has 0 atom stereocenters. The van der Waals surface area contributed by atoms with Gasteiger partial charge in [-0.05, 0) is 59.0 Å². The fraction of sp³-hybridized carbons (Fsp3) is 0.435. The van der Waals surface area contributed by atoms with E-state index in [9.17, 15) is 9.90 Å². The molecule has 0 aromatic carbocycles. The lowest BCUT2D eigenvalue weighted by molar-refractivity contribution is -0.137. The molecule has 0 radical (unpaired) electrons. The first-order chi connectivity index (χ1) is 15.1. The number of carboxylic acid groups (broad SMARTS) is 1. The highest BCUT2D eigenvalue weighted by Gasteiger charge is 2.21. The summed E-state index contributed by atoms with van der Waals surface area (Å²) >= 11 is 3.55. The van der Waals surface area contributed by atoms with Crippen LogP contribution in [0.1, 0.15) is 36.7 Å². The molecule has 0 aliphatic carbocycles. The fourth-order valence-corrected chi connectivity index (χ4v) is 4.55. The maximum atomic E-state index is 11.2. The third kappa shape index (κ3) is 4.97. The van der Waals surface area contributed by atoms with Crippen molar-refractivity contribution in [2.75, 3.05) is 26.3 Å². The van der Waals surface area contributed by atoms with Gasteiger partial charge < -0.3 is 9.84 Å². The quantitative estimate of drug-likeness (QED) is 0.518. The largest absolute Gasteiger partial charge is 0.481 e. The average molecular weight is 487 g/mol. The lowest BCUT2D eigenvalue weighted by Crippen LogP contribution is -2.36. The molecule has 1 N–H and O–H groups in total. The van der Waals surface area contributed by atoms with Crippen molar-refractivity contribution in [2.24, 2.45) is 0 Å². The van der Waals surface area contributed by atoms with Crippen LogP contribution in [0.3, 0.4) is 0 Å². The highest BCUT2D eigenvalue weighted by molar-refractivity contribution is 9.10. The molecule has 0 unspecified atom stereocenters. The number of carbonyl (C=O) groups is 1. The van der Waals surface area contributed by atoms with Crippen molar-refractivity contribution in [3.63, 3.8) is 0 Å². The van der Waals surface area contributed by atoms with E-state index in [-0.39, 0.29) is 6.42 Å². The van der Waals surface area contributed by atoms with Crippen molar-refractivity contribution in [1.29, 1.82) is 0 Å². The summed E-state index contributed by atoms with van der Waals surface area (Å²) in [7, 11) is 0. The van der Waals surface area contributed by atoms with Crippen LogP contribution in [0.25, 0.3) is 16.6 Å². The van der Waals surface area contributed by atoms with Gasteiger partial charge in [0.1, 0.15) is 0 Å². The minimum absolute atomic E-state index is 0.138. The van der Waals surface area contributed by atoms with Gasteiger partial charge in [0.15, 0.2) is 0 Å². The second-order valence-electron chi connectivity index (χ2n) is 7.80. The Hall–Kier alpha value is -2.29. The molecular formula is C23H27BrN4O3. The van der Waals surface area contributed by atoms with Crippen LogP contribution in [0, 0.1) is 0 Å². The van der Waals surface area contributed by atoms with Crippen LogP contribution in [0.4, 0.5) is 0 Å². The molecule has 4 heterocycles. The first kappa shape index (κ1) is 21.9. The Labute approximate surface area is 190 Å². The number of rotatable bonds is 8. The molecule has 1 aliphatic rings. The first-order valence-corrected chi connectivity index (χ1v) is 11.5. The molecule has 4 rings (SSSR count). The van der Waals surface area contributed by atoms with Crippen LogP contribution in [0.2, 0.25) is 0 Å². The van der Waals surface area contributed by atoms with Gasteiger partial charge in [0.2, 0.25) is 0 Å². The summed E-state index contributed by atoms with van der Waals surface area (Å²) in [6.07, 6.45) is 5.89. The number of hydrogen-bond acceptors (Lipinski definition) is 5. The molecule has 0 bridgehead atoms. The number of pyridine rings is 1. The van der Waals surface area contributed by atoms with Gasteiger partial charge in [0, 0.05) is 59.7 Å². The molecular weight excluding hydrogens is 460 g/mol. The van der Waals surface area contributed by atoms with E-state index in [2.05, 4.69) is 50.9 Å². The van der Waals surface area contributed by atoms with E-state index in [1.54, 1.807) is 6.20 Å². The Bertz CT molecular complexity index is 1080. The van der Waals surface area contributed by atoms with Gasteiger partial charge in [-0.2, -0.15) is 5.10 Å². The number of ether oxygens (including phenoxy) is 1. The van der Waals surface area contributed by atoms with Crippen molar-refractivity contribution in [3.8, 4) is 11.1 Å². The van der Waals surface area contributed by atoms with Crippen LogP contribution in [-0.2, 0) is 28.9 Å². The number of morpholine rings is 1. The normalized spacial score (nSPS) is 14.9. The zero-order chi connectivity index (χ0) is 21.8. The third-order valence-corrected chi connectivity index (χ3v) is 6.14. The summed E-state index contributed by atoms with van der Waals surface area (Å²) in [6.45, 7) is 6.04. The summed E-state index contributed by atoms with van der Waals surface area (Å²) in [5, 5.41) is 14.3. The smallest absolute Gasteiger partial charge is 0.303 e. The Morgan fingerprint density at radius 3 is 2.77 bits per heavy atom. The van der Waals surface area contributed by atoms with Crippen molar-refractivity contribution in [1.82, 2.24) is 19.5 Å². The number of aliphatic carboxylic acids is 1. The van der Waals surface area contributed by atoms with Gasteiger partial charge >= 0.3 is 5.97 Å². The summed E-state index contributed by atoms with van der Waals surface area (Å²) in [6, 6.07) is 6.30. The zero-order valence-electron chi connectivity index (χ0n) is 17.7. The van der Waals surface area contributed by atoms with Gasteiger partial charge in [0.25, 0.3) is 0 Å². The SMILES string of the molecule is CCc1ccc2c(-c3cncc(Br)c3)c(CCCC(=O)O)c(CN3CCOCC3)nn12. The molecule has 3 aromatic rings. The highest BCUT2D eigenvalue weighted by Crippen LogP contribution is 2.34. The van der Waals surface area contributed by atoms with Crippen LogP contribution >= 0.6 is 15.9 Å². The molecule has 31 heavy (non-hydrogen) atoms. The summed E-state index contributed by atoms with van der Waals surface area (Å²) in [4.78, 5) is 17.9. The minimum Gasteiger partial charge on any atom is -0.481 e. The van der Waals surface area contributed by atoms with Crippen LogP contribution < -0.4 is 0 Å². The highest BCUT2D eigenvalue weighted by atomic mass is 79.9. The van der Waals surface area contributed by atoms with E-state index in [0.717, 1.165) is 77.3 Å². The van der Waals surface area contributed by atoms with E-state index in [0.29, 0.717) is 12.8 Å². The van der Waals surface area contributed by atoms with Gasteiger partial charge in [-0.15, -0.1) is 0 Å². The van der Waals surface area contributed by atoms with Gasteiger partial charge in [0.05, 0.1) is 24.4 Å². The molecule has 164 valence electrons. The predicted molar refractivity (Wildman–Crippen MR) is 122 cm³/mol. The lowest BCUT2D eigenvalue weighted by Gasteiger charge is -2.27. The number of hydrogen-bond donors (Lipinski definition) is 1. The van der Waals surface area contributed by atoms with Crippen molar-refractivity contribution in [3.05, 3.63) is 52.0 Å². The predicted octanol–water partition coefficient (Wildman–Crippen LogP) is 3.96. The number of aryl methyl sites for hydroxylation is 1. The average Bonchev–Trinajstić information content (AvgIpc) is 3.16. The van der Waals surface area contributed by atoms with Crippen molar-refractivity contribution >= 4 is 27.4 Å². The topological polar surface area (TPSA) is 80.0 Å². The Morgan fingerprint density at radius 1 is 1.26 bits per heavy atom. The Kier molecular flexibility index (Phi) is 6.99. The van der Waals surface area contributed by atoms with E-state index in [1.807, 2.05) is 10.7 Å². The maximum Gasteiger partial charge on any atom is 0.303 e. The van der Waals surface area contributed by atoms with Crippen molar-refractivity contribution < 1.29 is 14.6 Å². The monoisotopic (exact) mass is 486 g/mol. The van der Waals surface area contributed by atoms with Gasteiger partial charge in [-0.25, -0.2) is 4.52 Å². The lowest BCUT2D eigenvalue weighted by atomic mass is 9.95. The number of fused-ring (bicyclic) bond motifs is 1. The molecule has 1 fully saturated rings. The van der Waals surface area contributed by atoms with Crippen LogP contribution in [0.5, 0.6) is 0 Å². The van der Waals surface area contributed by atoms with E-state index in [4.69, 9.17) is 9.84 Å². The molecule has 1 saturated heterocycles. The van der Waals surface area contributed by atoms with Gasteiger partial charge in [-0.1, -0.05) is 6.92 Å². The maximum absolute atomic E-state index is 11.2. The first-order valence-electron chi connectivity index (χ1n) is 10.7. The molecule has 0 amide bonds. The molecule has 7 nitrogen and oxygen atoms in total. The van der Waals surface area contributed by atoms with Crippen LogP contribution in [-0.4, -0.2) is 56.9 Å². The summed E-state index contributed by atoms with van der Waals surface area (Å²) < 4.78 is 8.47. The summed E-state index contributed by atoms with van der Waals surface area (Å²) in [5.74, 6) is -0.773. The van der Waals surface area contributed by atoms with Crippen LogP contribution in [0.15, 0.2) is 35.1 Å². The standard InChI is InChI=1S/C23H27BrN4O3/c1-2-18-6-7-21-23(16-12-17(24)14-25-13-16)19(4-3-5-22(29)30)20(26-28(18)21)15-27-8-10-31-11-9-27/h6-7,12-14H,2-5,8-11,15H2,1H3,(H,29,30). The fourth-order valence-electron chi connectivity index (χ4n) is 4.18. The molecule has 8 heteroatoms. The second kappa shape index (κ2) is 9.89. The zero-order valence-corrected chi connectivity index (χ0v) is 19.3. The molecule has 0 saturated carbocycles. The molecule has 3 aromatic heterocycles. The molecule has 0 spiro atoms. The Morgan fingerprint density at radius 2 is 2.06 bits per heavy atom. The number of nitrogens with zero attached hydrogens (tertiary/aromatic N) is 4. The van der Waals surface area contributed by atoms with Gasteiger partial charge in [-0.3, -0.25) is 14.7 Å². The summed E-state index contributed by atoms with van der Waals surface area (Å²) in [5.41, 5.74) is 6.40. The van der Waals surface area contributed by atoms with E-state index >= 15 is 0 Å². The number of halogens is 1. The third-order valence-electron chi connectivity index (χ3n) is 5.71. The minimum atomic E-state index is -0.773. The number of carboxylic acids is 1. The number of aromatic nitrogens is 3. The second-order valence-corrected chi connectivity index (χ2v) is 8.72. The molecule has 1 aliphatic heterocycles. The van der Waals surface area contributed by atoms with E-state index in [1.165, 1.54) is 0 Å².